The van der Waals surface area contributed by atoms with Gasteiger partial charge in [0.15, 0.2) is 0 Å². The number of carbonyl (C=O) groups excluding carboxylic acids is 1. The molecule has 2 rings (SSSR count). The zero-order chi connectivity index (χ0) is 15.2. The van der Waals surface area contributed by atoms with Crippen molar-refractivity contribution in [3.05, 3.63) is 70.7 Å². The van der Waals surface area contributed by atoms with Crippen LogP contribution in [0.1, 0.15) is 17.2 Å². The minimum absolute atomic E-state index is 0.140. The maximum Gasteiger partial charge on any atom is 0.225 e. The summed E-state index contributed by atoms with van der Waals surface area (Å²) in [6, 6.07) is 16.1. The minimum atomic E-state index is -0.457. The largest absolute Gasteiger partial charge is 0.391 e. The zero-order valence-corrected chi connectivity index (χ0v) is 12.8. The van der Waals surface area contributed by atoms with Crippen molar-refractivity contribution < 1.29 is 4.79 Å². The summed E-state index contributed by atoms with van der Waals surface area (Å²) in [5, 5.41) is 3.50. The van der Waals surface area contributed by atoms with Crippen molar-refractivity contribution in [2.24, 2.45) is 5.73 Å². The lowest BCUT2D eigenvalue weighted by atomic mass is 10.1. The van der Waals surface area contributed by atoms with Crippen LogP contribution in [0, 0.1) is 0 Å². The van der Waals surface area contributed by atoms with Gasteiger partial charge in [-0.15, -0.1) is 0 Å². The van der Waals surface area contributed by atoms with E-state index in [0.717, 1.165) is 11.1 Å². The Morgan fingerprint density at radius 2 is 1.76 bits per heavy atom. The van der Waals surface area contributed by atoms with Gasteiger partial charge in [0.1, 0.15) is 11.0 Å². The summed E-state index contributed by atoms with van der Waals surface area (Å²) < 4.78 is 0. The normalized spacial score (nSPS) is 11.7. The first-order valence-electron chi connectivity index (χ1n) is 6.44. The average Bonchev–Trinajstić information content (AvgIpc) is 2.48. The molecule has 0 aliphatic carbocycles. The number of amides is 1. The van der Waals surface area contributed by atoms with Gasteiger partial charge in [0, 0.05) is 5.02 Å². The van der Waals surface area contributed by atoms with E-state index < -0.39 is 6.04 Å². The quantitative estimate of drug-likeness (QED) is 0.833. The van der Waals surface area contributed by atoms with Gasteiger partial charge in [-0.2, -0.15) is 0 Å². The Bertz CT molecular complexity index is 628. The first kappa shape index (κ1) is 15.5. The lowest BCUT2D eigenvalue weighted by Gasteiger charge is -2.18. The van der Waals surface area contributed by atoms with Gasteiger partial charge in [-0.1, -0.05) is 66.3 Å². The van der Waals surface area contributed by atoms with E-state index in [1.807, 2.05) is 42.5 Å². The van der Waals surface area contributed by atoms with Crippen LogP contribution in [-0.2, 0) is 11.2 Å². The Balaban J connectivity index is 2.05. The molecule has 3 N–H and O–H groups in total. The summed E-state index contributed by atoms with van der Waals surface area (Å²) in [6.45, 7) is 0. The molecule has 0 spiro atoms. The van der Waals surface area contributed by atoms with Crippen LogP contribution in [0.15, 0.2) is 54.6 Å². The van der Waals surface area contributed by atoms with Crippen LogP contribution in [0.5, 0.6) is 0 Å². The van der Waals surface area contributed by atoms with E-state index in [2.05, 4.69) is 5.32 Å². The highest BCUT2D eigenvalue weighted by molar-refractivity contribution is 7.80. The molecule has 5 heteroatoms. The summed E-state index contributed by atoms with van der Waals surface area (Å²) in [7, 11) is 0. The Labute approximate surface area is 134 Å². The monoisotopic (exact) mass is 318 g/mol. The van der Waals surface area contributed by atoms with Crippen LogP contribution in [0.2, 0.25) is 5.02 Å². The molecule has 0 heterocycles. The molecule has 0 bridgehead atoms. The van der Waals surface area contributed by atoms with Crippen LogP contribution >= 0.6 is 23.8 Å². The Morgan fingerprint density at radius 3 is 2.33 bits per heavy atom. The third kappa shape index (κ3) is 4.55. The van der Waals surface area contributed by atoms with Crippen LogP contribution < -0.4 is 11.1 Å². The summed E-state index contributed by atoms with van der Waals surface area (Å²) in [4.78, 5) is 12.4. The first-order valence-corrected chi connectivity index (χ1v) is 7.23. The average molecular weight is 319 g/mol. The standard InChI is InChI=1S/C16H15ClN2OS/c17-13-8-6-11(7-9-13)10-14(20)19-15(16(18)21)12-4-2-1-3-5-12/h1-9,15H,10H2,(H2,18,21)(H,19,20). The molecule has 0 saturated heterocycles. The summed E-state index contributed by atoms with van der Waals surface area (Å²) >= 11 is 10.9. The van der Waals surface area contributed by atoms with Crippen molar-refractivity contribution in [1.82, 2.24) is 5.32 Å². The van der Waals surface area contributed by atoms with Crippen molar-refractivity contribution in [2.45, 2.75) is 12.5 Å². The molecule has 21 heavy (non-hydrogen) atoms. The SMILES string of the molecule is NC(=S)C(NC(=O)Cc1ccc(Cl)cc1)c1ccccc1. The maximum absolute atomic E-state index is 12.1. The molecule has 108 valence electrons. The van der Waals surface area contributed by atoms with Gasteiger partial charge in [-0.05, 0) is 23.3 Å². The second kappa shape index (κ2) is 7.20. The molecule has 2 aromatic rings. The van der Waals surface area contributed by atoms with Crippen LogP contribution in [0.3, 0.4) is 0 Å². The van der Waals surface area contributed by atoms with Gasteiger partial charge in [0.2, 0.25) is 5.91 Å². The number of benzene rings is 2. The van der Waals surface area contributed by atoms with Crippen molar-refractivity contribution >= 4 is 34.7 Å². The molecule has 0 aliphatic rings. The third-order valence-electron chi connectivity index (χ3n) is 3.00. The maximum atomic E-state index is 12.1. The van der Waals surface area contributed by atoms with Gasteiger partial charge in [0.25, 0.3) is 0 Å². The van der Waals surface area contributed by atoms with Crippen LogP contribution in [0.4, 0.5) is 0 Å². The molecular formula is C16H15ClN2OS. The molecule has 3 nitrogen and oxygen atoms in total. The Kier molecular flexibility index (Phi) is 5.31. The Morgan fingerprint density at radius 1 is 1.14 bits per heavy atom. The highest BCUT2D eigenvalue weighted by atomic mass is 35.5. The lowest BCUT2D eigenvalue weighted by Crippen LogP contribution is -2.37. The van der Waals surface area contributed by atoms with Gasteiger partial charge >= 0.3 is 0 Å². The molecule has 1 amide bonds. The number of carbonyl (C=O) groups is 1. The smallest absolute Gasteiger partial charge is 0.225 e. The van der Waals surface area contributed by atoms with Gasteiger partial charge < -0.3 is 11.1 Å². The van der Waals surface area contributed by atoms with Crippen molar-refractivity contribution in [3.63, 3.8) is 0 Å². The van der Waals surface area contributed by atoms with E-state index in [0.29, 0.717) is 5.02 Å². The summed E-state index contributed by atoms with van der Waals surface area (Å²) in [5.41, 5.74) is 7.48. The predicted molar refractivity (Wildman–Crippen MR) is 89.3 cm³/mol. The summed E-state index contributed by atoms with van der Waals surface area (Å²) in [5.74, 6) is -0.140. The number of rotatable bonds is 5. The molecule has 0 aromatic heterocycles. The molecule has 0 radical (unpaired) electrons. The van der Waals surface area contributed by atoms with Crippen molar-refractivity contribution in [1.29, 1.82) is 0 Å². The third-order valence-corrected chi connectivity index (χ3v) is 3.49. The van der Waals surface area contributed by atoms with Gasteiger partial charge in [-0.3, -0.25) is 4.79 Å². The fourth-order valence-electron chi connectivity index (χ4n) is 1.96. The van der Waals surface area contributed by atoms with E-state index in [1.54, 1.807) is 12.1 Å². The topological polar surface area (TPSA) is 55.1 Å². The summed E-state index contributed by atoms with van der Waals surface area (Å²) in [6.07, 6.45) is 0.253. The molecule has 1 unspecified atom stereocenters. The van der Waals surface area contributed by atoms with E-state index in [-0.39, 0.29) is 17.3 Å². The number of halogens is 1. The minimum Gasteiger partial charge on any atom is -0.391 e. The van der Waals surface area contributed by atoms with E-state index in [9.17, 15) is 4.79 Å². The van der Waals surface area contributed by atoms with Crippen LogP contribution in [0.25, 0.3) is 0 Å². The number of hydrogen-bond donors (Lipinski definition) is 2. The van der Waals surface area contributed by atoms with Gasteiger partial charge in [-0.25, -0.2) is 0 Å². The van der Waals surface area contributed by atoms with E-state index >= 15 is 0 Å². The van der Waals surface area contributed by atoms with E-state index in [1.165, 1.54) is 0 Å². The zero-order valence-electron chi connectivity index (χ0n) is 11.3. The predicted octanol–water partition coefficient (Wildman–Crippen LogP) is 3.03. The molecular weight excluding hydrogens is 304 g/mol. The second-order valence-electron chi connectivity index (χ2n) is 4.62. The number of nitrogens with one attached hydrogen (secondary N) is 1. The Hall–Kier alpha value is -1.91. The first-order chi connectivity index (χ1) is 10.1. The fraction of sp³-hybridized carbons (Fsp3) is 0.125. The highest BCUT2D eigenvalue weighted by Crippen LogP contribution is 2.14. The van der Waals surface area contributed by atoms with Crippen molar-refractivity contribution in [3.8, 4) is 0 Å². The molecule has 2 aromatic carbocycles. The number of thiocarbonyl (C=S) groups is 1. The fourth-order valence-corrected chi connectivity index (χ4v) is 2.28. The number of nitrogens with two attached hydrogens (primary N) is 1. The molecule has 0 aliphatic heterocycles. The number of hydrogen-bond acceptors (Lipinski definition) is 2. The van der Waals surface area contributed by atoms with E-state index in [4.69, 9.17) is 29.6 Å². The highest BCUT2D eigenvalue weighted by Gasteiger charge is 2.17. The molecule has 1 atom stereocenters. The molecule has 0 fully saturated rings. The lowest BCUT2D eigenvalue weighted by molar-refractivity contribution is -0.120. The van der Waals surface area contributed by atoms with Gasteiger partial charge in [0.05, 0.1) is 6.42 Å². The van der Waals surface area contributed by atoms with Crippen LogP contribution in [-0.4, -0.2) is 10.9 Å². The molecule has 0 saturated carbocycles. The second-order valence-corrected chi connectivity index (χ2v) is 5.52. The van der Waals surface area contributed by atoms with Crippen molar-refractivity contribution in [2.75, 3.05) is 0 Å².